The third-order valence-corrected chi connectivity index (χ3v) is 2.62. The fourth-order valence-corrected chi connectivity index (χ4v) is 2.05. The first-order valence-electron chi connectivity index (χ1n) is 5.05. The van der Waals surface area contributed by atoms with E-state index in [1.165, 1.54) is 0 Å². The Morgan fingerprint density at radius 1 is 1.64 bits per heavy atom. The van der Waals surface area contributed by atoms with Crippen molar-refractivity contribution in [3.8, 4) is 0 Å². The van der Waals surface area contributed by atoms with Crippen LogP contribution in [0.2, 0.25) is 0 Å². The number of nitrogens with zero attached hydrogens (tertiary/aromatic N) is 2. The molecule has 0 aromatic carbocycles. The van der Waals surface area contributed by atoms with Crippen molar-refractivity contribution in [2.24, 2.45) is 0 Å². The Morgan fingerprint density at radius 2 is 2.43 bits per heavy atom. The van der Waals surface area contributed by atoms with Gasteiger partial charge in [0, 0.05) is 13.0 Å². The Morgan fingerprint density at radius 3 is 3.07 bits per heavy atom. The average molecular weight is 194 g/mol. The first-order valence-corrected chi connectivity index (χ1v) is 5.05. The van der Waals surface area contributed by atoms with E-state index in [9.17, 15) is 4.79 Å². The summed E-state index contributed by atoms with van der Waals surface area (Å²) in [5.74, 6) is 0.0513. The van der Waals surface area contributed by atoms with Crippen molar-refractivity contribution < 1.29 is 9.90 Å². The number of aromatic nitrogens is 2. The molecule has 1 N–H and O–H groups in total. The number of aromatic carboxylic acids is 1. The number of aryl methyl sites for hydroxylation is 1. The largest absolute Gasteiger partial charge is 0.476 e. The zero-order chi connectivity index (χ0) is 10.1. The van der Waals surface area contributed by atoms with Crippen molar-refractivity contribution in [2.75, 3.05) is 0 Å². The number of carbonyl (C=O) groups is 1. The first kappa shape index (κ1) is 9.24. The van der Waals surface area contributed by atoms with Gasteiger partial charge in [-0.3, -0.25) is 0 Å². The van der Waals surface area contributed by atoms with Crippen molar-refractivity contribution in [1.82, 2.24) is 9.55 Å². The minimum absolute atomic E-state index is 0.269. The predicted octanol–water partition coefficient (Wildman–Crippen LogP) is 1.48. The van der Waals surface area contributed by atoms with Crippen molar-refractivity contribution in [3.63, 3.8) is 0 Å². The van der Waals surface area contributed by atoms with Crippen LogP contribution in [0.1, 0.15) is 41.8 Å². The summed E-state index contributed by atoms with van der Waals surface area (Å²) in [4.78, 5) is 15.1. The topological polar surface area (TPSA) is 55.1 Å². The van der Waals surface area contributed by atoms with Crippen LogP contribution in [-0.4, -0.2) is 20.6 Å². The molecule has 76 valence electrons. The van der Waals surface area contributed by atoms with Gasteiger partial charge in [-0.1, -0.05) is 6.92 Å². The molecule has 0 aliphatic carbocycles. The SMILES string of the molecule is CCCc1nc(C(=O)O)c2n1CCC2. The van der Waals surface area contributed by atoms with Gasteiger partial charge in [0.15, 0.2) is 5.69 Å². The van der Waals surface area contributed by atoms with Crippen molar-refractivity contribution >= 4 is 5.97 Å². The van der Waals surface area contributed by atoms with Gasteiger partial charge in [0.05, 0.1) is 5.69 Å². The minimum atomic E-state index is -0.891. The van der Waals surface area contributed by atoms with E-state index in [-0.39, 0.29) is 5.69 Å². The normalized spacial score (nSPS) is 14.4. The molecule has 0 spiro atoms. The number of hydrogen-bond donors (Lipinski definition) is 1. The predicted molar refractivity (Wildman–Crippen MR) is 51.5 cm³/mol. The van der Waals surface area contributed by atoms with Crippen molar-refractivity contribution in [3.05, 3.63) is 17.2 Å². The van der Waals surface area contributed by atoms with Crippen LogP contribution in [0.4, 0.5) is 0 Å². The van der Waals surface area contributed by atoms with Crippen molar-refractivity contribution in [1.29, 1.82) is 0 Å². The van der Waals surface area contributed by atoms with E-state index < -0.39 is 5.97 Å². The summed E-state index contributed by atoms with van der Waals surface area (Å²) in [6.07, 6.45) is 3.79. The summed E-state index contributed by atoms with van der Waals surface area (Å²) < 4.78 is 2.08. The molecule has 0 saturated carbocycles. The molecule has 2 heterocycles. The molecule has 2 rings (SSSR count). The highest BCUT2D eigenvalue weighted by atomic mass is 16.4. The Hall–Kier alpha value is -1.32. The molecule has 1 aromatic rings. The van der Waals surface area contributed by atoms with E-state index in [0.717, 1.165) is 43.7 Å². The smallest absolute Gasteiger partial charge is 0.356 e. The Balaban J connectivity index is 2.44. The van der Waals surface area contributed by atoms with E-state index in [2.05, 4.69) is 16.5 Å². The van der Waals surface area contributed by atoms with Crippen LogP contribution in [0.25, 0.3) is 0 Å². The highest BCUT2D eigenvalue weighted by Gasteiger charge is 2.24. The van der Waals surface area contributed by atoms with Gasteiger partial charge in [-0.05, 0) is 19.3 Å². The van der Waals surface area contributed by atoms with Crippen LogP contribution in [0.15, 0.2) is 0 Å². The number of rotatable bonds is 3. The molecule has 1 aromatic heterocycles. The molecular weight excluding hydrogens is 180 g/mol. The third-order valence-electron chi connectivity index (χ3n) is 2.62. The second-order valence-corrected chi connectivity index (χ2v) is 3.63. The summed E-state index contributed by atoms with van der Waals surface area (Å²) in [5, 5.41) is 8.95. The fraction of sp³-hybridized carbons (Fsp3) is 0.600. The lowest BCUT2D eigenvalue weighted by Gasteiger charge is -2.00. The van der Waals surface area contributed by atoms with Gasteiger partial charge in [0.1, 0.15) is 5.82 Å². The highest BCUT2D eigenvalue weighted by Crippen LogP contribution is 2.22. The highest BCUT2D eigenvalue weighted by molar-refractivity contribution is 5.87. The van der Waals surface area contributed by atoms with Gasteiger partial charge in [0.2, 0.25) is 0 Å². The summed E-state index contributed by atoms with van der Waals surface area (Å²) >= 11 is 0. The molecule has 0 amide bonds. The van der Waals surface area contributed by atoms with Crippen LogP contribution in [0.3, 0.4) is 0 Å². The maximum absolute atomic E-state index is 10.9. The number of imidazole rings is 1. The Kier molecular flexibility index (Phi) is 2.27. The molecule has 4 heteroatoms. The van der Waals surface area contributed by atoms with Gasteiger partial charge in [-0.2, -0.15) is 0 Å². The van der Waals surface area contributed by atoms with E-state index in [1.54, 1.807) is 0 Å². The molecule has 14 heavy (non-hydrogen) atoms. The van der Waals surface area contributed by atoms with Gasteiger partial charge < -0.3 is 9.67 Å². The fourth-order valence-electron chi connectivity index (χ4n) is 2.05. The zero-order valence-electron chi connectivity index (χ0n) is 8.29. The summed E-state index contributed by atoms with van der Waals surface area (Å²) in [7, 11) is 0. The lowest BCUT2D eigenvalue weighted by Crippen LogP contribution is -2.00. The van der Waals surface area contributed by atoms with Crippen LogP contribution < -0.4 is 0 Å². The minimum Gasteiger partial charge on any atom is -0.476 e. The molecule has 1 aliphatic heterocycles. The molecule has 0 unspecified atom stereocenters. The second-order valence-electron chi connectivity index (χ2n) is 3.63. The Bertz CT molecular complexity index is 368. The molecule has 0 saturated heterocycles. The lowest BCUT2D eigenvalue weighted by molar-refractivity contribution is 0.0689. The zero-order valence-corrected chi connectivity index (χ0v) is 8.29. The number of carboxylic acid groups (broad SMARTS) is 1. The van der Waals surface area contributed by atoms with E-state index in [4.69, 9.17) is 5.11 Å². The third kappa shape index (κ3) is 1.31. The first-order chi connectivity index (χ1) is 6.74. The van der Waals surface area contributed by atoms with Crippen LogP contribution in [0, 0.1) is 0 Å². The molecular formula is C10H14N2O2. The van der Waals surface area contributed by atoms with Crippen LogP contribution in [0.5, 0.6) is 0 Å². The lowest BCUT2D eigenvalue weighted by atomic mass is 10.2. The maximum atomic E-state index is 10.9. The van der Waals surface area contributed by atoms with E-state index >= 15 is 0 Å². The van der Waals surface area contributed by atoms with Gasteiger partial charge in [-0.15, -0.1) is 0 Å². The van der Waals surface area contributed by atoms with Crippen molar-refractivity contribution in [2.45, 2.75) is 39.2 Å². The Labute approximate surface area is 82.6 Å². The monoisotopic (exact) mass is 194 g/mol. The van der Waals surface area contributed by atoms with Crippen LogP contribution in [-0.2, 0) is 19.4 Å². The van der Waals surface area contributed by atoms with E-state index in [1.807, 2.05) is 0 Å². The van der Waals surface area contributed by atoms with E-state index in [0.29, 0.717) is 0 Å². The molecule has 0 bridgehead atoms. The molecule has 0 radical (unpaired) electrons. The molecule has 1 aliphatic rings. The quantitative estimate of drug-likeness (QED) is 0.792. The van der Waals surface area contributed by atoms with Gasteiger partial charge in [-0.25, -0.2) is 9.78 Å². The van der Waals surface area contributed by atoms with Gasteiger partial charge in [0.25, 0.3) is 0 Å². The summed E-state index contributed by atoms with van der Waals surface area (Å²) in [6, 6.07) is 0. The number of hydrogen-bond acceptors (Lipinski definition) is 2. The molecule has 4 nitrogen and oxygen atoms in total. The van der Waals surface area contributed by atoms with Crippen LogP contribution >= 0.6 is 0 Å². The molecule has 0 fully saturated rings. The standard InChI is InChI=1S/C10H14N2O2/c1-2-4-8-11-9(10(13)14)7-5-3-6-12(7)8/h2-6H2,1H3,(H,13,14). The number of fused-ring (bicyclic) bond motifs is 1. The average Bonchev–Trinajstić information content (AvgIpc) is 2.67. The molecule has 0 atom stereocenters. The maximum Gasteiger partial charge on any atom is 0.356 e. The second kappa shape index (κ2) is 3.44. The summed E-state index contributed by atoms with van der Waals surface area (Å²) in [6.45, 7) is 3.02. The van der Waals surface area contributed by atoms with Gasteiger partial charge >= 0.3 is 5.97 Å². The number of carboxylic acids is 1. The summed E-state index contributed by atoms with van der Waals surface area (Å²) in [5.41, 5.74) is 1.19.